The lowest BCUT2D eigenvalue weighted by atomic mass is 10.2. The average molecular weight is 368 g/mol. The van der Waals surface area contributed by atoms with Crippen molar-refractivity contribution in [1.29, 1.82) is 0 Å². The van der Waals surface area contributed by atoms with Crippen LogP contribution >= 0.6 is 11.6 Å². The zero-order chi connectivity index (χ0) is 18.5. The van der Waals surface area contributed by atoms with Crippen molar-refractivity contribution in [3.05, 3.63) is 59.2 Å². The highest BCUT2D eigenvalue weighted by molar-refractivity contribution is 6.31. The number of benzene rings is 1. The molecule has 0 unspecified atom stereocenters. The predicted molar refractivity (Wildman–Crippen MR) is 108 cm³/mol. The van der Waals surface area contributed by atoms with Crippen LogP contribution in [0.3, 0.4) is 0 Å². The highest BCUT2D eigenvalue weighted by Crippen LogP contribution is 2.25. The first kappa shape index (κ1) is 18.1. The lowest BCUT2D eigenvalue weighted by Crippen LogP contribution is -2.16. The van der Waals surface area contributed by atoms with Crippen LogP contribution in [0, 0.1) is 6.92 Å². The number of halogens is 1. The molecule has 2 aromatic heterocycles. The Labute approximate surface area is 158 Å². The largest absolute Gasteiger partial charge is 0.352 e. The maximum absolute atomic E-state index is 6.23. The van der Waals surface area contributed by atoms with Gasteiger partial charge in [0.05, 0.1) is 11.4 Å². The van der Waals surface area contributed by atoms with E-state index in [1.165, 1.54) is 0 Å². The van der Waals surface area contributed by atoms with E-state index in [0.717, 1.165) is 29.1 Å². The first-order chi connectivity index (χ1) is 12.5. The van der Waals surface area contributed by atoms with Crippen LogP contribution in [0.1, 0.15) is 25.8 Å². The molecular weight excluding hydrogens is 346 g/mol. The van der Waals surface area contributed by atoms with E-state index < -0.39 is 0 Å². The van der Waals surface area contributed by atoms with E-state index in [1.54, 1.807) is 6.20 Å². The van der Waals surface area contributed by atoms with Gasteiger partial charge in [0.1, 0.15) is 5.82 Å². The molecule has 1 aromatic carbocycles. The van der Waals surface area contributed by atoms with E-state index in [0.29, 0.717) is 16.8 Å². The number of aryl methyl sites for hydroxylation is 1. The molecular formula is C20H22ClN5. The monoisotopic (exact) mass is 367 g/mol. The molecule has 6 heteroatoms. The number of rotatable bonds is 6. The Kier molecular flexibility index (Phi) is 5.68. The number of nitrogens with one attached hydrogen (secondary N) is 2. The van der Waals surface area contributed by atoms with Gasteiger partial charge >= 0.3 is 0 Å². The summed E-state index contributed by atoms with van der Waals surface area (Å²) in [7, 11) is 0. The van der Waals surface area contributed by atoms with E-state index in [2.05, 4.69) is 39.4 Å². The lowest BCUT2D eigenvalue weighted by molar-refractivity contribution is 0.753. The smallest absolute Gasteiger partial charge is 0.225 e. The minimum atomic E-state index is 0.274. The van der Waals surface area contributed by atoms with Gasteiger partial charge in [0.2, 0.25) is 5.95 Å². The summed E-state index contributed by atoms with van der Waals surface area (Å²) in [6.07, 6.45) is 2.74. The molecule has 0 aliphatic carbocycles. The summed E-state index contributed by atoms with van der Waals surface area (Å²) in [5.41, 5.74) is 3.47. The Morgan fingerprint density at radius 1 is 1.08 bits per heavy atom. The van der Waals surface area contributed by atoms with E-state index >= 15 is 0 Å². The zero-order valence-corrected chi connectivity index (χ0v) is 15.9. The summed E-state index contributed by atoms with van der Waals surface area (Å²) in [5.74, 6) is 1.26. The minimum absolute atomic E-state index is 0.274. The number of hydrogen-bond acceptors (Lipinski definition) is 5. The Morgan fingerprint density at radius 2 is 1.92 bits per heavy atom. The SMILES string of the molecule is CC[C@H](C)Nc1nc(Nc2ccc(C)c(Cl)c2)cc(-c2ccccn2)n1. The minimum Gasteiger partial charge on any atom is -0.352 e. The number of aromatic nitrogens is 3. The third kappa shape index (κ3) is 4.49. The highest BCUT2D eigenvalue weighted by atomic mass is 35.5. The van der Waals surface area contributed by atoms with Gasteiger partial charge in [-0.2, -0.15) is 4.98 Å². The molecule has 0 radical (unpaired) electrons. The fraction of sp³-hybridized carbons (Fsp3) is 0.250. The molecule has 0 fully saturated rings. The summed E-state index contributed by atoms with van der Waals surface area (Å²) in [6, 6.07) is 13.8. The summed E-state index contributed by atoms with van der Waals surface area (Å²) < 4.78 is 0. The van der Waals surface area contributed by atoms with E-state index in [9.17, 15) is 0 Å². The topological polar surface area (TPSA) is 62.7 Å². The molecule has 0 spiro atoms. The van der Waals surface area contributed by atoms with Gasteiger partial charge in [0.25, 0.3) is 0 Å². The second-order valence-corrected chi connectivity index (χ2v) is 6.63. The third-order valence-corrected chi connectivity index (χ3v) is 4.49. The first-order valence-corrected chi connectivity index (χ1v) is 9.03. The summed E-state index contributed by atoms with van der Waals surface area (Å²) in [6.45, 7) is 6.20. The van der Waals surface area contributed by atoms with Gasteiger partial charge in [0.15, 0.2) is 0 Å². The standard InChI is InChI=1S/C20H22ClN5/c1-4-14(3)23-20-25-18(17-7-5-6-10-22-17)12-19(26-20)24-15-9-8-13(2)16(21)11-15/h5-12,14H,4H2,1-3H3,(H2,23,24,25,26)/t14-/m0/s1. The van der Waals surface area contributed by atoms with Gasteiger partial charge in [-0.25, -0.2) is 4.98 Å². The summed E-state index contributed by atoms with van der Waals surface area (Å²) in [4.78, 5) is 13.6. The van der Waals surface area contributed by atoms with E-state index in [1.807, 2.05) is 49.4 Å². The molecule has 2 N–H and O–H groups in total. The first-order valence-electron chi connectivity index (χ1n) is 8.65. The summed E-state index contributed by atoms with van der Waals surface area (Å²) in [5, 5.41) is 7.36. The van der Waals surface area contributed by atoms with Crippen molar-refractivity contribution in [3.8, 4) is 11.4 Å². The molecule has 1 atom stereocenters. The fourth-order valence-corrected chi connectivity index (χ4v) is 2.54. The van der Waals surface area contributed by atoms with Gasteiger partial charge in [-0.1, -0.05) is 30.7 Å². The van der Waals surface area contributed by atoms with Crippen LogP contribution in [0.5, 0.6) is 0 Å². The van der Waals surface area contributed by atoms with Crippen molar-refractivity contribution >= 4 is 29.1 Å². The van der Waals surface area contributed by atoms with Crippen molar-refractivity contribution in [2.24, 2.45) is 0 Å². The quantitative estimate of drug-likeness (QED) is 0.606. The van der Waals surface area contributed by atoms with Crippen molar-refractivity contribution in [2.75, 3.05) is 10.6 Å². The van der Waals surface area contributed by atoms with Gasteiger partial charge in [-0.05, 0) is 50.1 Å². The number of nitrogens with zero attached hydrogens (tertiary/aromatic N) is 3. The van der Waals surface area contributed by atoms with Gasteiger partial charge in [-0.3, -0.25) is 4.98 Å². The molecule has 0 saturated heterocycles. The predicted octanol–water partition coefficient (Wildman–Crippen LogP) is 5.45. The second-order valence-electron chi connectivity index (χ2n) is 6.22. The zero-order valence-electron chi connectivity index (χ0n) is 15.1. The lowest BCUT2D eigenvalue weighted by Gasteiger charge is -2.14. The van der Waals surface area contributed by atoms with E-state index in [4.69, 9.17) is 11.6 Å². The van der Waals surface area contributed by atoms with Crippen LogP contribution < -0.4 is 10.6 Å². The van der Waals surface area contributed by atoms with Crippen LogP contribution in [-0.2, 0) is 0 Å². The normalized spacial score (nSPS) is 11.8. The van der Waals surface area contributed by atoms with Gasteiger partial charge in [-0.15, -0.1) is 0 Å². The molecule has 3 rings (SSSR count). The highest BCUT2D eigenvalue weighted by Gasteiger charge is 2.10. The van der Waals surface area contributed by atoms with Crippen molar-refractivity contribution in [2.45, 2.75) is 33.2 Å². The van der Waals surface area contributed by atoms with Gasteiger partial charge < -0.3 is 10.6 Å². The summed E-state index contributed by atoms with van der Waals surface area (Å²) >= 11 is 6.23. The number of pyridine rings is 1. The molecule has 3 aromatic rings. The number of hydrogen-bond donors (Lipinski definition) is 2. The van der Waals surface area contributed by atoms with Crippen LogP contribution in [0.2, 0.25) is 5.02 Å². The molecule has 0 aliphatic rings. The Bertz CT molecular complexity index is 883. The Morgan fingerprint density at radius 3 is 2.62 bits per heavy atom. The van der Waals surface area contributed by atoms with Gasteiger partial charge in [0, 0.05) is 29.0 Å². The van der Waals surface area contributed by atoms with Crippen LogP contribution in [0.15, 0.2) is 48.7 Å². The molecule has 26 heavy (non-hydrogen) atoms. The van der Waals surface area contributed by atoms with Crippen LogP contribution in [-0.4, -0.2) is 21.0 Å². The number of anilines is 3. The molecule has 0 bridgehead atoms. The van der Waals surface area contributed by atoms with Crippen molar-refractivity contribution in [1.82, 2.24) is 15.0 Å². The maximum atomic E-state index is 6.23. The fourth-order valence-electron chi connectivity index (χ4n) is 2.36. The van der Waals surface area contributed by atoms with Crippen LogP contribution in [0.4, 0.5) is 17.5 Å². The molecule has 5 nitrogen and oxygen atoms in total. The van der Waals surface area contributed by atoms with Crippen molar-refractivity contribution < 1.29 is 0 Å². The van der Waals surface area contributed by atoms with Crippen LogP contribution in [0.25, 0.3) is 11.4 Å². The molecule has 134 valence electrons. The molecule has 2 heterocycles. The molecule has 0 amide bonds. The third-order valence-electron chi connectivity index (χ3n) is 4.09. The average Bonchev–Trinajstić information content (AvgIpc) is 2.65. The Hall–Kier alpha value is -2.66. The van der Waals surface area contributed by atoms with Crippen molar-refractivity contribution in [3.63, 3.8) is 0 Å². The molecule has 0 aliphatic heterocycles. The second kappa shape index (κ2) is 8.15. The maximum Gasteiger partial charge on any atom is 0.225 e. The molecule has 0 saturated carbocycles. The Balaban J connectivity index is 1.97. The van der Waals surface area contributed by atoms with E-state index in [-0.39, 0.29) is 6.04 Å².